The van der Waals surface area contributed by atoms with Gasteiger partial charge in [0.1, 0.15) is 0 Å². The Morgan fingerprint density at radius 1 is 1.00 bits per heavy atom. The largest absolute Gasteiger partial charge is 0.378 e. The fourth-order valence-corrected chi connectivity index (χ4v) is 5.26. The number of hydrogen-bond acceptors (Lipinski definition) is 5. The van der Waals surface area contributed by atoms with E-state index in [0.717, 1.165) is 69.8 Å². The van der Waals surface area contributed by atoms with Crippen LogP contribution >= 0.6 is 11.3 Å². The zero-order chi connectivity index (χ0) is 18.6. The summed E-state index contributed by atoms with van der Waals surface area (Å²) in [6, 6.07) is 4.34. The predicted octanol–water partition coefficient (Wildman–Crippen LogP) is 1.92. The predicted molar refractivity (Wildman–Crippen MR) is 105 cm³/mol. The number of rotatable bonds is 3. The molecule has 0 unspecified atom stereocenters. The molecule has 1 aromatic heterocycles. The molecule has 0 N–H and O–H groups in total. The van der Waals surface area contributed by atoms with E-state index >= 15 is 0 Å². The fraction of sp³-hybridized carbons (Fsp3) is 0.700. The van der Waals surface area contributed by atoms with E-state index in [0.29, 0.717) is 25.2 Å². The molecule has 1 aromatic rings. The molecule has 3 saturated heterocycles. The second-order valence-electron chi connectivity index (χ2n) is 7.77. The molecule has 0 spiro atoms. The number of ether oxygens (including phenoxy) is 1. The summed E-state index contributed by atoms with van der Waals surface area (Å²) in [6.45, 7) is 6.39. The SMILES string of the molecule is O=C(c1cccs1)N1CCC(N2CCC[C@@H](C(=O)N3CCOCC3)C2)CC1. The molecule has 3 aliphatic rings. The van der Waals surface area contributed by atoms with Gasteiger partial charge in [-0.1, -0.05) is 6.07 Å². The van der Waals surface area contributed by atoms with Gasteiger partial charge in [0.05, 0.1) is 24.0 Å². The molecule has 27 heavy (non-hydrogen) atoms. The normalized spacial score (nSPS) is 25.6. The van der Waals surface area contributed by atoms with Crippen LogP contribution < -0.4 is 0 Å². The monoisotopic (exact) mass is 391 g/mol. The van der Waals surface area contributed by atoms with Crippen molar-refractivity contribution in [2.45, 2.75) is 31.7 Å². The minimum absolute atomic E-state index is 0.127. The highest BCUT2D eigenvalue weighted by atomic mass is 32.1. The number of thiophene rings is 1. The zero-order valence-electron chi connectivity index (χ0n) is 15.8. The Balaban J connectivity index is 1.29. The molecule has 4 rings (SSSR count). The van der Waals surface area contributed by atoms with Gasteiger partial charge in [-0.05, 0) is 43.7 Å². The molecule has 7 heteroatoms. The molecule has 3 fully saturated rings. The fourth-order valence-electron chi connectivity index (χ4n) is 4.57. The highest BCUT2D eigenvalue weighted by Crippen LogP contribution is 2.26. The van der Waals surface area contributed by atoms with E-state index < -0.39 is 0 Å². The smallest absolute Gasteiger partial charge is 0.263 e. The van der Waals surface area contributed by atoms with Crippen molar-refractivity contribution in [1.82, 2.24) is 14.7 Å². The van der Waals surface area contributed by atoms with Crippen LogP contribution in [0.4, 0.5) is 0 Å². The molecular formula is C20H29N3O3S. The van der Waals surface area contributed by atoms with Crippen LogP contribution in [-0.2, 0) is 9.53 Å². The number of likely N-dealkylation sites (tertiary alicyclic amines) is 2. The van der Waals surface area contributed by atoms with Crippen molar-refractivity contribution in [1.29, 1.82) is 0 Å². The van der Waals surface area contributed by atoms with Crippen molar-refractivity contribution in [3.63, 3.8) is 0 Å². The summed E-state index contributed by atoms with van der Waals surface area (Å²) >= 11 is 1.52. The molecule has 0 aromatic carbocycles. The second-order valence-corrected chi connectivity index (χ2v) is 8.72. The van der Waals surface area contributed by atoms with Gasteiger partial charge >= 0.3 is 0 Å². The average molecular weight is 392 g/mol. The van der Waals surface area contributed by atoms with Gasteiger partial charge in [-0.2, -0.15) is 0 Å². The number of amides is 2. The molecule has 3 aliphatic heterocycles. The lowest BCUT2D eigenvalue weighted by atomic mass is 9.92. The Morgan fingerprint density at radius 3 is 2.48 bits per heavy atom. The number of piperidine rings is 2. The van der Waals surface area contributed by atoms with Crippen molar-refractivity contribution >= 4 is 23.2 Å². The summed E-state index contributed by atoms with van der Waals surface area (Å²) in [5.41, 5.74) is 0. The minimum atomic E-state index is 0.127. The molecule has 0 radical (unpaired) electrons. The van der Waals surface area contributed by atoms with E-state index in [-0.39, 0.29) is 11.8 Å². The van der Waals surface area contributed by atoms with Crippen molar-refractivity contribution in [3.8, 4) is 0 Å². The van der Waals surface area contributed by atoms with Crippen LogP contribution in [0, 0.1) is 5.92 Å². The Kier molecular flexibility index (Phi) is 6.10. The van der Waals surface area contributed by atoms with Crippen molar-refractivity contribution in [2.75, 3.05) is 52.5 Å². The van der Waals surface area contributed by atoms with E-state index in [9.17, 15) is 9.59 Å². The molecule has 0 aliphatic carbocycles. The van der Waals surface area contributed by atoms with Gasteiger partial charge in [-0.15, -0.1) is 11.3 Å². The van der Waals surface area contributed by atoms with Gasteiger partial charge in [-0.3, -0.25) is 14.5 Å². The average Bonchev–Trinajstić information content (AvgIpc) is 3.28. The number of nitrogens with zero attached hydrogens (tertiary/aromatic N) is 3. The van der Waals surface area contributed by atoms with E-state index in [1.807, 2.05) is 27.3 Å². The lowest BCUT2D eigenvalue weighted by molar-refractivity contribution is -0.141. The van der Waals surface area contributed by atoms with Crippen LogP contribution in [0.5, 0.6) is 0 Å². The van der Waals surface area contributed by atoms with Gasteiger partial charge in [0.15, 0.2) is 0 Å². The molecule has 148 valence electrons. The number of hydrogen-bond donors (Lipinski definition) is 0. The summed E-state index contributed by atoms with van der Waals surface area (Å²) in [4.78, 5) is 32.7. The van der Waals surface area contributed by atoms with E-state index in [1.165, 1.54) is 11.3 Å². The third kappa shape index (κ3) is 4.36. The Bertz CT molecular complexity index is 637. The first kappa shape index (κ1) is 18.9. The summed E-state index contributed by atoms with van der Waals surface area (Å²) in [7, 11) is 0. The standard InChI is InChI=1S/C20H29N3O3S/c24-19(22-10-12-26-13-11-22)16-3-1-7-23(15-16)17-5-8-21(9-6-17)20(25)18-4-2-14-27-18/h2,4,14,16-17H,1,3,5-13,15H2/t16-/m1/s1. The summed E-state index contributed by atoms with van der Waals surface area (Å²) in [5.74, 6) is 0.610. The van der Waals surface area contributed by atoms with Crippen molar-refractivity contribution < 1.29 is 14.3 Å². The van der Waals surface area contributed by atoms with Gasteiger partial charge in [0, 0.05) is 38.8 Å². The van der Waals surface area contributed by atoms with Crippen LogP contribution in [0.3, 0.4) is 0 Å². The van der Waals surface area contributed by atoms with E-state index in [1.54, 1.807) is 0 Å². The first-order valence-corrected chi connectivity index (χ1v) is 11.0. The van der Waals surface area contributed by atoms with Gasteiger partial charge in [0.25, 0.3) is 5.91 Å². The Labute approximate surface area is 165 Å². The third-order valence-corrected chi connectivity index (χ3v) is 6.98. The topological polar surface area (TPSA) is 53.1 Å². The Morgan fingerprint density at radius 2 is 1.78 bits per heavy atom. The number of carbonyl (C=O) groups excluding carboxylic acids is 2. The molecule has 0 bridgehead atoms. The molecule has 0 saturated carbocycles. The zero-order valence-corrected chi connectivity index (χ0v) is 16.7. The van der Waals surface area contributed by atoms with Gasteiger partial charge in [0.2, 0.25) is 5.91 Å². The lowest BCUT2D eigenvalue weighted by Crippen LogP contribution is -2.53. The molecule has 2 amide bonds. The van der Waals surface area contributed by atoms with Crippen LogP contribution in [0.2, 0.25) is 0 Å². The van der Waals surface area contributed by atoms with Gasteiger partial charge < -0.3 is 14.5 Å². The summed E-state index contributed by atoms with van der Waals surface area (Å²) in [5, 5.41) is 1.96. The van der Waals surface area contributed by atoms with Crippen LogP contribution in [0.15, 0.2) is 17.5 Å². The highest BCUT2D eigenvalue weighted by molar-refractivity contribution is 7.12. The first-order chi connectivity index (χ1) is 13.2. The van der Waals surface area contributed by atoms with Crippen LogP contribution in [0.25, 0.3) is 0 Å². The molecular weight excluding hydrogens is 362 g/mol. The van der Waals surface area contributed by atoms with Crippen molar-refractivity contribution in [3.05, 3.63) is 22.4 Å². The maximum absolute atomic E-state index is 12.8. The van der Waals surface area contributed by atoms with Crippen molar-refractivity contribution in [2.24, 2.45) is 5.92 Å². The number of carbonyl (C=O) groups is 2. The quantitative estimate of drug-likeness (QED) is 0.790. The lowest BCUT2D eigenvalue weighted by Gasteiger charge is -2.43. The first-order valence-electron chi connectivity index (χ1n) is 10.2. The Hall–Kier alpha value is -1.44. The molecule has 4 heterocycles. The van der Waals surface area contributed by atoms with E-state index in [2.05, 4.69) is 4.90 Å². The van der Waals surface area contributed by atoms with E-state index in [4.69, 9.17) is 4.74 Å². The third-order valence-electron chi connectivity index (χ3n) is 6.12. The van der Waals surface area contributed by atoms with Crippen LogP contribution in [0.1, 0.15) is 35.4 Å². The minimum Gasteiger partial charge on any atom is -0.378 e. The second kappa shape index (κ2) is 8.71. The molecule has 6 nitrogen and oxygen atoms in total. The maximum atomic E-state index is 12.8. The van der Waals surface area contributed by atoms with Gasteiger partial charge in [-0.25, -0.2) is 0 Å². The highest BCUT2D eigenvalue weighted by Gasteiger charge is 2.34. The number of morpholine rings is 1. The summed E-state index contributed by atoms with van der Waals surface area (Å²) < 4.78 is 5.37. The molecule has 1 atom stereocenters. The maximum Gasteiger partial charge on any atom is 0.263 e. The summed E-state index contributed by atoms with van der Waals surface area (Å²) in [6.07, 6.45) is 4.11. The van der Waals surface area contributed by atoms with Crippen LogP contribution in [-0.4, -0.2) is 85.0 Å².